The largest absolute Gasteiger partial charge is 0.497 e. The Morgan fingerprint density at radius 1 is 1.21 bits per heavy atom. The van der Waals surface area contributed by atoms with Gasteiger partial charge in [0.1, 0.15) is 11.3 Å². The molecule has 2 atom stereocenters. The van der Waals surface area contributed by atoms with Gasteiger partial charge in [-0.25, -0.2) is 0 Å². The third-order valence-corrected chi connectivity index (χ3v) is 6.28. The second-order valence-electron chi connectivity index (χ2n) is 7.88. The molecule has 150 valence electrons. The number of para-hydroxylation sites is 2. The quantitative estimate of drug-likeness (QED) is 0.677. The maximum Gasteiger partial charge on any atom is 0.298 e. The van der Waals surface area contributed by atoms with Crippen LogP contribution in [0.5, 0.6) is 5.75 Å². The molecule has 0 radical (unpaired) electrons. The van der Waals surface area contributed by atoms with Crippen molar-refractivity contribution in [2.75, 3.05) is 25.6 Å². The van der Waals surface area contributed by atoms with Gasteiger partial charge in [-0.3, -0.25) is 4.79 Å². The van der Waals surface area contributed by atoms with Crippen molar-refractivity contribution in [1.29, 1.82) is 0 Å². The predicted octanol–water partition coefficient (Wildman–Crippen LogP) is 3.95. The first kappa shape index (κ1) is 18.0. The van der Waals surface area contributed by atoms with Gasteiger partial charge in [0, 0.05) is 20.0 Å². The van der Waals surface area contributed by atoms with Crippen LogP contribution >= 0.6 is 0 Å². The molecule has 2 unspecified atom stereocenters. The van der Waals surface area contributed by atoms with Crippen molar-refractivity contribution in [1.82, 2.24) is 9.88 Å². The maximum atomic E-state index is 12.9. The highest BCUT2D eigenvalue weighted by Crippen LogP contribution is 2.41. The molecule has 1 amide bonds. The summed E-state index contributed by atoms with van der Waals surface area (Å²) in [5.41, 5.74) is 4.10. The Bertz CT molecular complexity index is 1030. The van der Waals surface area contributed by atoms with E-state index in [1.165, 1.54) is 11.1 Å². The molecule has 1 fully saturated rings. The molecule has 1 aromatic heterocycles. The molecule has 0 N–H and O–H groups in total. The van der Waals surface area contributed by atoms with Crippen LogP contribution in [0.4, 0.5) is 6.01 Å². The van der Waals surface area contributed by atoms with E-state index in [2.05, 4.69) is 21.9 Å². The summed E-state index contributed by atoms with van der Waals surface area (Å²) in [7, 11) is 3.72. The van der Waals surface area contributed by atoms with Crippen molar-refractivity contribution in [3.8, 4) is 5.75 Å². The zero-order chi connectivity index (χ0) is 20.0. The Balaban J connectivity index is 1.57. The van der Waals surface area contributed by atoms with Gasteiger partial charge in [-0.1, -0.05) is 18.2 Å². The summed E-state index contributed by atoms with van der Waals surface area (Å²) in [6.07, 6.45) is 3.23. The molecule has 2 aliphatic heterocycles. The van der Waals surface area contributed by atoms with Crippen LogP contribution in [-0.4, -0.2) is 42.5 Å². The average molecular weight is 391 g/mol. The van der Waals surface area contributed by atoms with Crippen LogP contribution in [0.3, 0.4) is 0 Å². The van der Waals surface area contributed by atoms with E-state index in [1.807, 2.05) is 37.4 Å². The van der Waals surface area contributed by atoms with Crippen molar-refractivity contribution in [3.05, 3.63) is 53.6 Å². The molecule has 29 heavy (non-hydrogen) atoms. The number of oxazole rings is 1. The molecule has 0 bridgehead atoms. The van der Waals surface area contributed by atoms with Crippen LogP contribution < -0.4 is 9.64 Å². The van der Waals surface area contributed by atoms with E-state index in [9.17, 15) is 4.79 Å². The van der Waals surface area contributed by atoms with Crippen LogP contribution in [0.1, 0.15) is 36.4 Å². The number of fused-ring (bicyclic) bond motifs is 4. The lowest BCUT2D eigenvalue weighted by molar-refractivity contribution is -0.133. The molecular formula is C23H25N3O3. The van der Waals surface area contributed by atoms with Crippen LogP contribution in [-0.2, 0) is 11.2 Å². The van der Waals surface area contributed by atoms with E-state index in [-0.39, 0.29) is 18.0 Å². The number of nitrogens with zero attached hydrogens (tertiary/aromatic N) is 3. The minimum Gasteiger partial charge on any atom is -0.497 e. The van der Waals surface area contributed by atoms with E-state index in [0.29, 0.717) is 12.4 Å². The number of amides is 1. The number of benzene rings is 2. The summed E-state index contributed by atoms with van der Waals surface area (Å²) in [4.78, 5) is 21.7. The average Bonchev–Trinajstić information content (AvgIpc) is 3.11. The molecule has 3 aromatic rings. The SMILES string of the molecule is COc1ccc2c(c1)CCN1C(=O)CCCC(N(C)c3nc4ccccc4o3)C21. The smallest absolute Gasteiger partial charge is 0.298 e. The Labute approximate surface area is 170 Å². The molecule has 0 saturated carbocycles. The summed E-state index contributed by atoms with van der Waals surface area (Å²) in [6, 6.07) is 14.7. The number of hydrogen-bond donors (Lipinski definition) is 0. The van der Waals surface area contributed by atoms with Crippen LogP contribution in [0.25, 0.3) is 11.1 Å². The lowest BCUT2D eigenvalue weighted by Gasteiger charge is -2.43. The van der Waals surface area contributed by atoms with E-state index in [1.54, 1.807) is 7.11 Å². The number of rotatable bonds is 3. The highest BCUT2D eigenvalue weighted by atomic mass is 16.5. The summed E-state index contributed by atoms with van der Waals surface area (Å²) in [5.74, 6) is 1.10. The molecule has 6 nitrogen and oxygen atoms in total. The summed E-state index contributed by atoms with van der Waals surface area (Å²) >= 11 is 0. The first-order valence-electron chi connectivity index (χ1n) is 10.2. The standard InChI is InChI=1S/C23H25N3O3/c1-25(23-24-18-6-3-4-8-20(18)29-23)19-7-5-9-21(27)26-13-12-15-14-16(28-2)10-11-17(15)22(19)26/h3-4,6,8,10-11,14,19,22H,5,7,9,12-13H2,1-2H3. The van der Waals surface area contributed by atoms with Gasteiger partial charge in [0.25, 0.3) is 6.01 Å². The van der Waals surface area contributed by atoms with Crippen molar-refractivity contribution >= 4 is 23.0 Å². The Morgan fingerprint density at radius 3 is 2.90 bits per heavy atom. The van der Waals surface area contributed by atoms with Crippen LogP contribution in [0.2, 0.25) is 0 Å². The summed E-state index contributed by atoms with van der Waals surface area (Å²) < 4.78 is 11.5. The first-order valence-corrected chi connectivity index (χ1v) is 10.2. The zero-order valence-corrected chi connectivity index (χ0v) is 16.8. The molecule has 2 aliphatic rings. The number of likely N-dealkylation sites (N-methyl/N-ethyl adjacent to an activating group) is 1. The lowest BCUT2D eigenvalue weighted by Crippen LogP contribution is -2.48. The summed E-state index contributed by atoms with van der Waals surface area (Å²) in [5, 5.41) is 0. The van der Waals surface area contributed by atoms with Crippen molar-refractivity contribution < 1.29 is 13.9 Å². The second kappa shape index (κ2) is 7.10. The minimum atomic E-state index is -0.0142. The van der Waals surface area contributed by atoms with Gasteiger partial charge < -0.3 is 19.0 Å². The minimum absolute atomic E-state index is 0.0142. The highest BCUT2D eigenvalue weighted by Gasteiger charge is 2.41. The molecular weight excluding hydrogens is 366 g/mol. The number of methoxy groups -OCH3 is 1. The molecule has 2 aromatic carbocycles. The summed E-state index contributed by atoms with van der Waals surface area (Å²) in [6.45, 7) is 0.738. The van der Waals surface area contributed by atoms with Crippen molar-refractivity contribution in [3.63, 3.8) is 0 Å². The number of carbonyl (C=O) groups is 1. The van der Waals surface area contributed by atoms with E-state index < -0.39 is 0 Å². The molecule has 1 saturated heterocycles. The predicted molar refractivity (Wildman–Crippen MR) is 111 cm³/mol. The lowest BCUT2D eigenvalue weighted by atomic mass is 9.87. The number of aromatic nitrogens is 1. The Kier molecular flexibility index (Phi) is 4.42. The topological polar surface area (TPSA) is 58.8 Å². The third-order valence-electron chi connectivity index (χ3n) is 6.28. The third kappa shape index (κ3) is 3.03. The van der Waals surface area contributed by atoms with Gasteiger partial charge in [-0.05, 0) is 54.7 Å². The first-order chi connectivity index (χ1) is 14.2. The van der Waals surface area contributed by atoms with Crippen molar-refractivity contribution in [2.45, 2.75) is 37.8 Å². The fourth-order valence-electron chi connectivity index (χ4n) is 4.78. The number of ether oxygens (including phenoxy) is 1. The van der Waals surface area contributed by atoms with E-state index >= 15 is 0 Å². The fraction of sp³-hybridized carbons (Fsp3) is 0.391. The van der Waals surface area contributed by atoms with Gasteiger partial charge in [0.15, 0.2) is 5.58 Å². The Hall–Kier alpha value is -3.02. The molecule has 3 heterocycles. The molecule has 0 spiro atoms. The van der Waals surface area contributed by atoms with Gasteiger partial charge in [-0.15, -0.1) is 0 Å². The van der Waals surface area contributed by atoms with Crippen molar-refractivity contribution in [2.24, 2.45) is 0 Å². The highest BCUT2D eigenvalue weighted by molar-refractivity contribution is 5.78. The number of carbonyl (C=O) groups excluding carboxylic acids is 1. The number of hydrogen-bond acceptors (Lipinski definition) is 5. The molecule has 5 rings (SSSR count). The van der Waals surface area contributed by atoms with Gasteiger partial charge in [0.05, 0.1) is 19.2 Å². The molecule has 6 heteroatoms. The second-order valence-corrected chi connectivity index (χ2v) is 7.88. The van der Waals surface area contributed by atoms with Gasteiger partial charge in [-0.2, -0.15) is 4.98 Å². The Morgan fingerprint density at radius 2 is 2.07 bits per heavy atom. The molecule has 0 aliphatic carbocycles. The van der Waals surface area contributed by atoms with E-state index in [0.717, 1.165) is 42.7 Å². The zero-order valence-electron chi connectivity index (χ0n) is 16.8. The maximum absolute atomic E-state index is 12.9. The number of anilines is 1. The van der Waals surface area contributed by atoms with Crippen LogP contribution in [0.15, 0.2) is 46.9 Å². The normalized spacial score (nSPS) is 21.4. The fourth-order valence-corrected chi connectivity index (χ4v) is 4.78. The monoisotopic (exact) mass is 391 g/mol. The van der Waals surface area contributed by atoms with Crippen LogP contribution in [0, 0.1) is 0 Å². The van der Waals surface area contributed by atoms with E-state index in [4.69, 9.17) is 14.1 Å². The van der Waals surface area contributed by atoms with Gasteiger partial charge >= 0.3 is 0 Å². The van der Waals surface area contributed by atoms with Gasteiger partial charge in [0.2, 0.25) is 5.91 Å².